The molecule has 0 aliphatic carbocycles. The lowest BCUT2D eigenvalue weighted by atomic mass is 9.72. The van der Waals surface area contributed by atoms with Gasteiger partial charge >= 0.3 is 0 Å². The van der Waals surface area contributed by atoms with Gasteiger partial charge in [0.1, 0.15) is 11.4 Å². The van der Waals surface area contributed by atoms with Gasteiger partial charge in [-0.2, -0.15) is 0 Å². The Bertz CT molecular complexity index is 698. The van der Waals surface area contributed by atoms with Crippen molar-refractivity contribution >= 4 is 0 Å². The van der Waals surface area contributed by atoms with Crippen molar-refractivity contribution in [1.82, 2.24) is 0 Å². The highest BCUT2D eigenvalue weighted by Crippen LogP contribution is 2.51. The zero-order chi connectivity index (χ0) is 19.4. The molecule has 3 rings (SSSR count). The Morgan fingerprint density at radius 2 is 1.89 bits per heavy atom. The maximum absolute atomic E-state index is 6.60. The third-order valence-electron chi connectivity index (χ3n) is 6.21. The molecule has 0 unspecified atom stereocenters. The highest BCUT2D eigenvalue weighted by atomic mass is 16.5. The van der Waals surface area contributed by atoms with Gasteiger partial charge in [-0.05, 0) is 79.2 Å². The van der Waals surface area contributed by atoms with E-state index >= 15 is 0 Å². The molecule has 1 aromatic rings. The van der Waals surface area contributed by atoms with E-state index in [0.717, 1.165) is 37.9 Å². The maximum atomic E-state index is 6.60. The van der Waals surface area contributed by atoms with Crippen LogP contribution in [0.15, 0.2) is 47.6 Å². The minimum Gasteiger partial charge on any atom is -0.487 e. The van der Waals surface area contributed by atoms with Gasteiger partial charge in [0.15, 0.2) is 0 Å². The van der Waals surface area contributed by atoms with E-state index < -0.39 is 0 Å². The lowest BCUT2D eigenvalue weighted by molar-refractivity contribution is -0.152. The number of para-hydroxylation sites is 1. The van der Waals surface area contributed by atoms with Crippen molar-refractivity contribution in [1.29, 1.82) is 0 Å². The Hall–Kier alpha value is -1.54. The first-order valence-corrected chi connectivity index (χ1v) is 10.6. The summed E-state index contributed by atoms with van der Waals surface area (Å²) in [5.74, 6) is 1.45. The molecule has 0 amide bonds. The molecule has 2 heterocycles. The van der Waals surface area contributed by atoms with Crippen LogP contribution in [-0.2, 0) is 4.74 Å². The summed E-state index contributed by atoms with van der Waals surface area (Å²) in [6, 6.07) is 8.45. The Kier molecular flexibility index (Phi) is 6.47. The first kappa shape index (κ1) is 20.2. The molecule has 2 aliphatic rings. The van der Waals surface area contributed by atoms with E-state index in [1.54, 1.807) is 0 Å². The number of benzene rings is 1. The van der Waals surface area contributed by atoms with Crippen molar-refractivity contribution in [3.05, 3.63) is 53.1 Å². The van der Waals surface area contributed by atoms with Gasteiger partial charge in [0.25, 0.3) is 0 Å². The van der Waals surface area contributed by atoms with Crippen LogP contribution in [0.1, 0.15) is 84.8 Å². The molecule has 0 saturated carbocycles. The Balaban J connectivity index is 1.70. The van der Waals surface area contributed by atoms with Crippen molar-refractivity contribution in [2.45, 2.75) is 91.0 Å². The number of allylic oxidation sites excluding steroid dienone is 4. The monoisotopic (exact) mass is 368 g/mol. The van der Waals surface area contributed by atoms with Crippen molar-refractivity contribution in [2.75, 3.05) is 0 Å². The highest BCUT2D eigenvalue weighted by molar-refractivity contribution is 5.39. The number of hydrogen-bond donors (Lipinski definition) is 0. The summed E-state index contributed by atoms with van der Waals surface area (Å²) in [5, 5.41) is 0. The molecule has 1 saturated heterocycles. The summed E-state index contributed by atoms with van der Waals surface area (Å²) in [5.41, 5.74) is 3.97. The van der Waals surface area contributed by atoms with E-state index in [1.165, 1.54) is 23.1 Å². The van der Waals surface area contributed by atoms with Gasteiger partial charge in [-0.3, -0.25) is 0 Å². The van der Waals surface area contributed by atoms with Crippen molar-refractivity contribution in [3.63, 3.8) is 0 Å². The van der Waals surface area contributed by atoms with Crippen molar-refractivity contribution in [3.8, 4) is 5.75 Å². The van der Waals surface area contributed by atoms with Crippen LogP contribution < -0.4 is 4.74 Å². The summed E-state index contributed by atoms with van der Waals surface area (Å²) in [6.07, 6.45) is 11.9. The Labute approximate surface area is 165 Å². The average Bonchev–Trinajstić information content (AvgIpc) is 2.61. The summed E-state index contributed by atoms with van der Waals surface area (Å²) >= 11 is 0. The van der Waals surface area contributed by atoms with Gasteiger partial charge in [0.2, 0.25) is 0 Å². The third kappa shape index (κ3) is 4.85. The van der Waals surface area contributed by atoms with Gasteiger partial charge in [0.05, 0.1) is 12.2 Å². The number of ether oxygens (including phenoxy) is 2. The van der Waals surface area contributed by atoms with Gasteiger partial charge in [-0.25, -0.2) is 0 Å². The van der Waals surface area contributed by atoms with Crippen molar-refractivity contribution in [2.24, 2.45) is 5.92 Å². The zero-order valence-electron chi connectivity index (χ0n) is 17.8. The van der Waals surface area contributed by atoms with E-state index in [0.29, 0.717) is 12.0 Å². The van der Waals surface area contributed by atoms with Crippen LogP contribution in [0.2, 0.25) is 0 Å². The fourth-order valence-electron chi connectivity index (χ4n) is 4.56. The Morgan fingerprint density at radius 3 is 2.67 bits per heavy atom. The van der Waals surface area contributed by atoms with E-state index in [-0.39, 0.29) is 11.7 Å². The zero-order valence-corrected chi connectivity index (χ0v) is 17.8. The lowest BCUT2D eigenvalue weighted by Crippen LogP contribution is -2.50. The summed E-state index contributed by atoms with van der Waals surface area (Å²) < 4.78 is 13.0. The smallest absolute Gasteiger partial charge is 0.125 e. The largest absolute Gasteiger partial charge is 0.487 e. The molecule has 27 heavy (non-hydrogen) atoms. The van der Waals surface area contributed by atoms with E-state index in [2.05, 4.69) is 71.0 Å². The van der Waals surface area contributed by atoms with Crippen LogP contribution in [0, 0.1) is 5.92 Å². The molecule has 4 atom stereocenters. The van der Waals surface area contributed by atoms with Gasteiger partial charge < -0.3 is 9.47 Å². The van der Waals surface area contributed by atoms with Crippen LogP contribution >= 0.6 is 0 Å². The summed E-state index contributed by atoms with van der Waals surface area (Å²) in [6.45, 7) is 11.1. The molecule has 0 spiro atoms. The van der Waals surface area contributed by atoms with Crippen LogP contribution in [0.4, 0.5) is 0 Å². The Morgan fingerprint density at radius 1 is 1.11 bits per heavy atom. The van der Waals surface area contributed by atoms with E-state index in [4.69, 9.17) is 9.47 Å². The fourth-order valence-corrected chi connectivity index (χ4v) is 4.56. The van der Waals surface area contributed by atoms with Gasteiger partial charge in [0, 0.05) is 11.5 Å². The molecule has 1 fully saturated rings. The highest BCUT2D eigenvalue weighted by Gasteiger charge is 2.48. The molecular formula is C25H36O2. The van der Waals surface area contributed by atoms with Crippen LogP contribution in [-0.4, -0.2) is 11.7 Å². The number of hydrogen-bond acceptors (Lipinski definition) is 2. The second-order valence-corrected chi connectivity index (χ2v) is 8.91. The molecule has 0 radical (unpaired) electrons. The SMILES string of the molecule is CC(C)=CCC/C(C)=C\CC[C@]1(C)Oc2ccccc2[C@@H]2O[C@@H](C)CC[C@@H]21. The minimum absolute atomic E-state index is 0.157. The van der Waals surface area contributed by atoms with Crippen molar-refractivity contribution < 1.29 is 9.47 Å². The predicted octanol–water partition coefficient (Wildman–Crippen LogP) is 7.17. The standard InChI is InChI=1S/C25H36O2/c1-18(2)10-8-11-19(3)12-9-17-25(5)22-16-15-20(4)26-24(22)21-13-6-7-14-23(21)27-25/h6-7,10,12-14,20,22,24H,8-9,11,15-17H2,1-5H3/b19-12-/t20-,22-,24-,25-/m0/s1. The molecule has 2 heteroatoms. The van der Waals surface area contributed by atoms with Crippen LogP contribution in [0.25, 0.3) is 0 Å². The fraction of sp³-hybridized carbons (Fsp3) is 0.600. The minimum atomic E-state index is -0.157. The van der Waals surface area contributed by atoms with E-state index in [9.17, 15) is 0 Å². The molecule has 1 aromatic carbocycles. The quantitative estimate of drug-likeness (QED) is 0.496. The second kappa shape index (κ2) is 8.65. The van der Waals surface area contributed by atoms with Gasteiger partial charge in [-0.1, -0.05) is 41.5 Å². The molecule has 2 aliphatic heterocycles. The number of rotatable bonds is 6. The molecule has 0 aromatic heterocycles. The number of fused-ring (bicyclic) bond motifs is 3. The second-order valence-electron chi connectivity index (χ2n) is 8.91. The first-order valence-electron chi connectivity index (χ1n) is 10.6. The first-order chi connectivity index (χ1) is 12.9. The summed E-state index contributed by atoms with van der Waals surface area (Å²) in [7, 11) is 0. The third-order valence-corrected chi connectivity index (χ3v) is 6.21. The van der Waals surface area contributed by atoms with E-state index in [1.807, 2.05) is 0 Å². The molecular weight excluding hydrogens is 332 g/mol. The topological polar surface area (TPSA) is 18.5 Å². The van der Waals surface area contributed by atoms with Crippen LogP contribution in [0.5, 0.6) is 5.75 Å². The lowest BCUT2D eigenvalue weighted by Gasteiger charge is -2.50. The maximum Gasteiger partial charge on any atom is 0.125 e. The molecule has 0 bridgehead atoms. The molecule has 0 N–H and O–H groups in total. The molecule has 2 nitrogen and oxygen atoms in total. The summed E-state index contributed by atoms with van der Waals surface area (Å²) in [4.78, 5) is 0. The van der Waals surface area contributed by atoms with Gasteiger partial charge in [-0.15, -0.1) is 0 Å². The van der Waals surface area contributed by atoms with Crippen LogP contribution in [0.3, 0.4) is 0 Å². The molecule has 148 valence electrons. The predicted molar refractivity (Wildman–Crippen MR) is 113 cm³/mol. The normalized spacial score (nSPS) is 30.1. The average molecular weight is 369 g/mol.